The largest absolute Gasteiger partial charge is 0.381 e. The average molecular weight is 284 g/mol. The van der Waals surface area contributed by atoms with E-state index in [0.717, 1.165) is 37.7 Å². The minimum atomic E-state index is 0.378. The molecule has 0 spiro atoms. The molecule has 2 heteroatoms. The Morgan fingerprint density at radius 2 is 1.70 bits per heavy atom. The summed E-state index contributed by atoms with van der Waals surface area (Å²) in [5.41, 5.74) is 0. The molecule has 1 aliphatic rings. The maximum absolute atomic E-state index is 6.19. The third-order valence-corrected chi connectivity index (χ3v) is 4.98. The van der Waals surface area contributed by atoms with Crippen LogP contribution in [0.3, 0.4) is 0 Å². The molecule has 1 rings (SSSR count). The van der Waals surface area contributed by atoms with Crippen LogP contribution in [-0.2, 0) is 9.47 Å². The highest BCUT2D eigenvalue weighted by Gasteiger charge is 2.20. The van der Waals surface area contributed by atoms with E-state index in [2.05, 4.69) is 27.7 Å². The second-order valence-electron chi connectivity index (χ2n) is 7.09. The molecule has 20 heavy (non-hydrogen) atoms. The van der Waals surface area contributed by atoms with E-state index in [0.29, 0.717) is 18.1 Å². The minimum Gasteiger partial charge on any atom is -0.381 e. The minimum absolute atomic E-state index is 0.378. The van der Waals surface area contributed by atoms with Gasteiger partial charge < -0.3 is 9.47 Å². The quantitative estimate of drug-likeness (QED) is 0.589. The summed E-state index contributed by atoms with van der Waals surface area (Å²) in [5, 5.41) is 0. The van der Waals surface area contributed by atoms with Gasteiger partial charge in [-0.05, 0) is 49.9 Å². The van der Waals surface area contributed by atoms with Crippen LogP contribution >= 0.6 is 0 Å². The van der Waals surface area contributed by atoms with Gasteiger partial charge in [0.15, 0.2) is 0 Å². The number of hydrogen-bond donors (Lipinski definition) is 0. The second-order valence-corrected chi connectivity index (χ2v) is 7.09. The van der Waals surface area contributed by atoms with Gasteiger partial charge in [0.25, 0.3) is 0 Å². The van der Waals surface area contributed by atoms with Crippen molar-refractivity contribution in [2.75, 3.05) is 13.7 Å². The van der Waals surface area contributed by atoms with Gasteiger partial charge in [0, 0.05) is 13.7 Å². The lowest BCUT2D eigenvalue weighted by molar-refractivity contribution is -0.00670. The Bertz CT molecular complexity index is 232. The molecule has 2 nitrogen and oxygen atoms in total. The second kappa shape index (κ2) is 9.78. The van der Waals surface area contributed by atoms with E-state index in [1.165, 1.54) is 25.7 Å². The lowest BCUT2D eigenvalue weighted by Gasteiger charge is -2.28. The molecular formula is C18H36O2. The average Bonchev–Trinajstić information content (AvgIpc) is 2.44. The van der Waals surface area contributed by atoms with Crippen molar-refractivity contribution in [3.63, 3.8) is 0 Å². The van der Waals surface area contributed by atoms with Crippen LogP contribution in [0.2, 0.25) is 0 Å². The van der Waals surface area contributed by atoms with Crippen LogP contribution in [0.15, 0.2) is 0 Å². The Morgan fingerprint density at radius 1 is 1.05 bits per heavy atom. The first-order valence-electron chi connectivity index (χ1n) is 8.71. The standard InChI is InChI=1S/C18H36O2/c1-6-17(11-12-18(19-5)14(2)3)20-13-16-9-7-15(4)8-10-16/h14-18H,6-13H2,1-5H3. The number of hydrogen-bond acceptors (Lipinski definition) is 2. The first-order chi connectivity index (χ1) is 9.56. The Morgan fingerprint density at radius 3 is 2.20 bits per heavy atom. The monoisotopic (exact) mass is 284 g/mol. The summed E-state index contributed by atoms with van der Waals surface area (Å²) >= 11 is 0. The van der Waals surface area contributed by atoms with Gasteiger partial charge in [0.2, 0.25) is 0 Å². The Hall–Kier alpha value is -0.0800. The molecular weight excluding hydrogens is 248 g/mol. The predicted molar refractivity (Wildman–Crippen MR) is 86.0 cm³/mol. The van der Waals surface area contributed by atoms with Gasteiger partial charge in [-0.2, -0.15) is 0 Å². The molecule has 1 fully saturated rings. The molecule has 0 aliphatic heterocycles. The SMILES string of the molecule is CCC(CCC(OC)C(C)C)OCC1CCC(C)CC1. The molecule has 0 heterocycles. The smallest absolute Gasteiger partial charge is 0.0595 e. The molecule has 0 aromatic carbocycles. The fourth-order valence-corrected chi connectivity index (χ4v) is 3.25. The highest BCUT2D eigenvalue weighted by molar-refractivity contribution is 4.71. The molecule has 1 aliphatic carbocycles. The highest BCUT2D eigenvalue weighted by Crippen LogP contribution is 2.29. The van der Waals surface area contributed by atoms with Crippen molar-refractivity contribution in [3.05, 3.63) is 0 Å². The summed E-state index contributed by atoms with van der Waals surface area (Å²) in [6.07, 6.45) is 9.69. The highest BCUT2D eigenvalue weighted by atomic mass is 16.5. The van der Waals surface area contributed by atoms with Crippen LogP contribution in [0.4, 0.5) is 0 Å². The molecule has 120 valence electrons. The summed E-state index contributed by atoms with van der Waals surface area (Å²) < 4.78 is 11.7. The Balaban J connectivity index is 2.22. The molecule has 0 aromatic rings. The summed E-state index contributed by atoms with van der Waals surface area (Å²) in [5.74, 6) is 2.34. The maximum Gasteiger partial charge on any atom is 0.0595 e. The van der Waals surface area contributed by atoms with E-state index < -0.39 is 0 Å². The first-order valence-corrected chi connectivity index (χ1v) is 8.71. The van der Waals surface area contributed by atoms with E-state index in [-0.39, 0.29) is 0 Å². The van der Waals surface area contributed by atoms with E-state index in [4.69, 9.17) is 9.47 Å². The number of rotatable bonds is 9. The fourth-order valence-electron chi connectivity index (χ4n) is 3.25. The van der Waals surface area contributed by atoms with Crippen molar-refractivity contribution >= 4 is 0 Å². The van der Waals surface area contributed by atoms with E-state index >= 15 is 0 Å². The van der Waals surface area contributed by atoms with Crippen molar-refractivity contribution in [1.29, 1.82) is 0 Å². The van der Waals surface area contributed by atoms with Gasteiger partial charge in [-0.25, -0.2) is 0 Å². The Labute approximate surface area is 126 Å². The van der Waals surface area contributed by atoms with Crippen molar-refractivity contribution in [2.45, 2.75) is 84.8 Å². The van der Waals surface area contributed by atoms with E-state index in [1.807, 2.05) is 7.11 Å². The van der Waals surface area contributed by atoms with Crippen molar-refractivity contribution in [2.24, 2.45) is 17.8 Å². The normalized spacial score (nSPS) is 26.7. The van der Waals surface area contributed by atoms with Crippen LogP contribution in [-0.4, -0.2) is 25.9 Å². The molecule has 0 N–H and O–H groups in total. The number of ether oxygens (including phenoxy) is 2. The van der Waals surface area contributed by atoms with Gasteiger partial charge in [-0.3, -0.25) is 0 Å². The fraction of sp³-hybridized carbons (Fsp3) is 1.00. The zero-order chi connectivity index (χ0) is 15.0. The van der Waals surface area contributed by atoms with E-state index in [1.54, 1.807) is 0 Å². The van der Waals surface area contributed by atoms with Crippen LogP contribution < -0.4 is 0 Å². The molecule has 0 saturated heterocycles. The molecule has 2 atom stereocenters. The third-order valence-electron chi connectivity index (χ3n) is 4.98. The van der Waals surface area contributed by atoms with Crippen molar-refractivity contribution < 1.29 is 9.47 Å². The molecule has 0 amide bonds. The van der Waals surface area contributed by atoms with Gasteiger partial charge in [-0.1, -0.05) is 40.5 Å². The lowest BCUT2D eigenvalue weighted by Crippen LogP contribution is -2.24. The maximum atomic E-state index is 6.19. The van der Waals surface area contributed by atoms with Gasteiger partial charge in [-0.15, -0.1) is 0 Å². The molecule has 2 unspecified atom stereocenters. The van der Waals surface area contributed by atoms with Gasteiger partial charge in [0.1, 0.15) is 0 Å². The van der Waals surface area contributed by atoms with Crippen molar-refractivity contribution in [1.82, 2.24) is 0 Å². The molecule has 0 radical (unpaired) electrons. The summed E-state index contributed by atoms with van der Waals surface area (Å²) in [7, 11) is 1.83. The lowest BCUT2D eigenvalue weighted by atomic mass is 9.83. The summed E-state index contributed by atoms with van der Waals surface area (Å²) in [6, 6.07) is 0. The zero-order valence-electron chi connectivity index (χ0n) is 14.4. The third kappa shape index (κ3) is 6.58. The number of methoxy groups -OCH3 is 1. The van der Waals surface area contributed by atoms with Crippen LogP contribution in [0.25, 0.3) is 0 Å². The zero-order valence-corrected chi connectivity index (χ0v) is 14.4. The Kier molecular flexibility index (Phi) is 8.79. The van der Waals surface area contributed by atoms with Gasteiger partial charge in [0.05, 0.1) is 12.2 Å². The molecule has 0 aromatic heterocycles. The van der Waals surface area contributed by atoms with E-state index in [9.17, 15) is 0 Å². The van der Waals surface area contributed by atoms with Crippen LogP contribution in [0.1, 0.15) is 72.6 Å². The molecule has 1 saturated carbocycles. The molecule has 0 bridgehead atoms. The topological polar surface area (TPSA) is 18.5 Å². The van der Waals surface area contributed by atoms with Crippen molar-refractivity contribution in [3.8, 4) is 0 Å². The van der Waals surface area contributed by atoms with Crippen LogP contribution in [0.5, 0.6) is 0 Å². The predicted octanol–water partition coefficient (Wildman–Crippen LogP) is 5.06. The first kappa shape index (κ1) is 18.0. The summed E-state index contributed by atoms with van der Waals surface area (Å²) in [6.45, 7) is 10.1. The van der Waals surface area contributed by atoms with Gasteiger partial charge >= 0.3 is 0 Å². The van der Waals surface area contributed by atoms with Crippen LogP contribution in [0, 0.1) is 17.8 Å². The summed E-state index contributed by atoms with van der Waals surface area (Å²) in [4.78, 5) is 0.